The molecule has 8 heteroatoms. The normalized spacial score (nSPS) is 10.5. The zero-order valence-electron chi connectivity index (χ0n) is 10.8. The first-order valence-electron chi connectivity index (χ1n) is 5.93. The van der Waals surface area contributed by atoms with Crippen LogP contribution in [0.4, 0.5) is 5.82 Å². The van der Waals surface area contributed by atoms with Gasteiger partial charge in [0.2, 0.25) is 0 Å². The average molecular weight is 326 g/mol. The van der Waals surface area contributed by atoms with Crippen LogP contribution < -0.4 is 11.3 Å². The van der Waals surface area contributed by atoms with Crippen LogP contribution in [0.25, 0.3) is 0 Å². The van der Waals surface area contributed by atoms with E-state index in [2.05, 4.69) is 9.97 Å². The largest absolute Gasteiger partial charge is 0.481 e. The molecule has 1 heterocycles. The number of halogens is 1. The Kier molecular flexibility index (Phi) is 4.87. The molecule has 0 unspecified atom stereocenters. The maximum absolute atomic E-state index is 11.8. The number of hydrogen-bond donors (Lipinski definition) is 3. The smallest absolute Gasteiger partial charge is 0.308 e. The summed E-state index contributed by atoms with van der Waals surface area (Å²) in [5.74, 6) is -0.401. The summed E-state index contributed by atoms with van der Waals surface area (Å²) in [7, 11) is 0. The van der Waals surface area contributed by atoms with E-state index < -0.39 is 17.9 Å². The van der Waals surface area contributed by atoms with Gasteiger partial charge in [0.15, 0.2) is 0 Å². The number of nitrogen functional groups attached to an aromatic ring is 1. The quantitative estimate of drug-likeness (QED) is 0.725. The third-order valence-corrected chi connectivity index (χ3v) is 3.84. The topological polar surface area (TPSA) is 109 Å². The standard InChI is InChI=1S/C13H12ClN3O3S/c14-7-2-1-3-8(4-7)21-6-10-16-12(15)9(5-11(18)19)13(20)17-10/h1-4H,5-6H2,(H,18,19)(H3,15,16,17,20). The molecule has 0 spiro atoms. The average Bonchev–Trinajstić information content (AvgIpc) is 2.40. The van der Waals surface area contributed by atoms with E-state index in [-0.39, 0.29) is 11.4 Å². The molecule has 6 nitrogen and oxygen atoms in total. The molecule has 21 heavy (non-hydrogen) atoms. The Morgan fingerprint density at radius 2 is 2.24 bits per heavy atom. The summed E-state index contributed by atoms with van der Waals surface area (Å²) < 4.78 is 0. The van der Waals surface area contributed by atoms with Gasteiger partial charge in [-0.25, -0.2) is 4.98 Å². The van der Waals surface area contributed by atoms with Crippen LogP contribution in [0, 0.1) is 0 Å². The number of aliphatic carboxylic acids is 1. The molecule has 1 aromatic carbocycles. The fourth-order valence-corrected chi connectivity index (χ4v) is 2.74. The van der Waals surface area contributed by atoms with Crippen LogP contribution in [0.2, 0.25) is 5.02 Å². The maximum atomic E-state index is 11.8. The van der Waals surface area contributed by atoms with Crippen LogP contribution in [-0.4, -0.2) is 21.0 Å². The Bertz CT molecular complexity index is 733. The van der Waals surface area contributed by atoms with E-state index in [1.807, 2.05) is 12.1 Å². The van der Waals surface area contributed by atoms with Gasteiger partial charge < -0.3 is 15.8 Å². The molecule has 0 aliphatic carbocycles. The number of nitrogens with one attached hydrogen (secondary N) is 1. The summed E-state index contributed by atoms with van der Waals surface area (Å²) in [6.07, 6.45) is -0.449. The second-order valence-corrected chi connectivity index (χ2v) is 5.68. The summed E-state index contributed by atoms with van der Waals surface area (Å²) in [6, 6.07) is 7.28. The first kappa shape index (κ1) is 15.4. The van der Waals surface area contributed by atoms with Crippen molar-refractivity contribution in [2.75, 3.05) is 5.73 Å². The molecule has 0 aliphatic heterocycles. The van der Waals surface area contributed by atoms with E-state index in [4.69, 9.17) is 22.4 Å². The third kappa shape index (κ3) is 4.24. The lowest BCUT2D eigenvalue weighted by atomic mass is 10.2. The number of H-pyrrole nitrogens is 1. The molecule has 0 saturated carbocycles. The molecule has 0 atom stereocenters. The number of hydrogen-bond acceptors (Lipinski definition) is 5. The lowest BCUT2D eigenvalue weighted by Crippen LogP contribution is -2.21. The molecule has 110 valence electrons. The molecule has 0 bridgehead atoms. The Balaban J connectivity index is 2.15. The number of aromatic amines is 1. The van der Waals surface area contributed by atoms with Gasteiger partial charge in [-0.15, -0.1) is 11.8 Å². The van der Waals surface area contributed by atoms with Crippen molar-refractivity contribution >= 4 is 35.1 Å². The van der Waals surface area contributed by atoms with Crippen LogP contribution in [0.5, 0.6) is 0 Å². The van der Waals surface area contributed by atoms with E-state index in [0.717, 1.165) is 4.90 Å². The molecule has 0 fully saturated rings. The number of carboxylic acid groups (broad SMARTS) is 1. The lowest BCUT2D eigenvalue weighted by Gasteiger charge is -2.06. The van der Waals surface area contributed by atoms with Crippen molar-refractivity contribution in [3.63, 3.8) is 0 Å². The van der Waals surface area contributed by atoms with Crippen molar-refractivity contribution in [3.05, 3.63) is 51.0 Å². The number of nitrogens with two attached hydrogens (primary N) is 1. The van der Waals surface area contributed by atoms with Crippen molar-refractivity contribution in [3.8, 4) is 0 Å². The molecule has 0 amide bonds. The number of nitrogens with zero attached hydrogens (tertiary/aromatic N) is 1. The first-order chi connectivity index (χ1) is 9.95. The van der Waals surface area contributed by atoms with Gasteiger partial charge in [0.1, 0.15) is 11.6 Å². The van der Waals surface area contributed by atoms with Gasteiger partial charge >= 0.3 is 5.97 Å². The Morgan fingerprint density at radius 1 is 1.48 bits per heavy atom. The molecule has 2 rings (SSSR count). The Hall–Kier alpha value is -1.99. The summed E-state index contributed by atoms with van der Waals surface area (Å²) in [6.45, 7) is 0. The van der Waals surface area contributed by atoms with Gasteiger partial charge in [-0.1, -0.05) is 17.7 Å². The predicted molar refractivity (Wildman–Crippen MR) is 81.6 cm³/mol. The molecular weight excluding hydrogens is 314 g/mol. The van der Waals surface area contributed by atoms with Crippen molar-refractivity contribution in [2.24, 2.45) is 0 Å². The van der Waals surface area contributed by atoms with E-state index in [9.17, 15) is 9.59 Å². The van der Waals surface area contributed by atoms with Crippen molar-refractivity contribution in [1.82, 2.24) is 9.97 Å². The van der Waals surface area contributed by atoms with Crippen LogP contribution in [0.1, 0.15) is 11.4 Å². The van der Waals surface area contributed by atoms with Gasteiger partial charge in [0.05, 0.1) is 17.7 Å². The fourth-order valence-electron chi connectivity index (χ4n) is 1.66. The lowest BCUT2D eigenvalue weighted by molar-refractivity contribution is -0.136. The van der Waals surface area contributed by atoms with Gasteiger partial charge in [-0.05, 0) is 18.2 Å². The number of anilines is 1. The van der Waals surface area contributed by atoms with Crippen LogP contribution in [-0.2, 0) is 17.0 Å². The van der Waals surface area contributed by atoms with E-state index in [1.54, 1.807) is 12.1 Å². The van der Waals surface area contributed by atoms with Crippen molar-refractivity contribution in [1.29, 1.82) is 0 Å². The number of thioether (sulfide) groups is 1. The second kappa shape index (κ2) is 6.64. The minimum absolute atomic E-state index is 0.0287. The minimum Gasteiger partial charge on any atom is -0.481 e. The molecular formula is C13H12ClN3O3S. The molecule has 2 aromatic rings. The minimum atomic E-state index is -1.13. The zero-order chi connectivity index (χ0) is 15.4. The van der Waals surface area contributed by atoms with Crippen molar-refractivity contribution < 1.29 is 9.90 Å². The SMILES string of the molecule is Nc1nc(CSc2cccc(Cl)c2)[nH]c(=O)c1CC(=O)O. The molecule has 0 saturated heterocycles. The second-order valence-electron chi connectivity index (χ2n) is 4.19. The van der Waals surface area contributed by atoms with Gasteiger partial charge in [-0.3, -0.25) is 9.59 Å². The Labute approximate surface area is 129 Å². The zero-order valence-corrected chi connectivity index (χ0v) is 12.4. The molecule has 0 aliphatic rings. The highest BCUT2D eigenvalue weighted by molar-refractivity contribution is 7.98. The van der Waals surface area contributed by atoms with Crippen LogP contribution in [0.3, 0.4) is 0 Å². The molecule has 0 radical (unpaired) electrons. The monoisotopic (exact) mass is 325 g/mol. The molecule has 1 aromatic heterocycles. The predicted octanol–water partition coefficient (Wildman–Crippen LogP) is 1.92. The maximum Gasteiger partial charge on any atom is 0.308 e. The Morgan fingerprint density at radius 3 is 2.86 bits per heavy atom. The van der Waals surface area contributed by atoms with Crippen LogP contribution >= 0.6 is 23.4 Å². The number of benzene rings is 1. The number of aromatic nitrogens is 2. The summed E-state index contributed by atoms with van der Waals surface area (Å²) >= 11 is 7.32. The highest BCUT2D eigenvalue weighted by Gasteiger charge is 2.12. The first-order valence-corrected chi connectivity index (χ1v) is 7.30. The van der Waals surface area contributed by atoms with Gasteiger partial charge in [0, 0.05) is 9.92 Å². The highest BCUT2D eigenvalue weighted by atomic mass is 35.5. The van der Waals surface area contributed by atoms with E-state index >= 15 is 0 Å². The number of carbonyl (C=O) groups is 1. The molecule has 4 N–H and O–H groups in total. The summed E-state index contributed by atoms with van der Waals surface area (Å²) in [5.41, 5.74) is 5.09. The van der Waals surface area contributed by atoms with Gasteiger partial charge in [-0.2, -0.15) is 0 Å². The highest BCUT2D eigenvalue weighted by Crippen LogP contribution is 2.24. The number of carboxylic acids is 1. The number of rotatable bonds is 5. The van der Waals surface area contributed by atoms with E-state index in [1.165, 1.54) is 11.8 Å². The van der Waals surface area contributed by atoms with Crippen molar-refractivity contribution in [2.45, 2.75) is 17.1 Å². The van der Waals surface area contributed by atoms with Gasteiger partial charge in [0.25, 0.3) is 5.56 Å². The fraction of sp³-hybridized carbons (Fsp3) is 0.154. The van der Waals surface area contributed by atoms with E-state index in [0.29, 0.717) is 16.6 Å². The summed E-state index contributed by atoms with van der Waals surface area (Å²) in [5, 5.41) is 9.33. The van der Waals surface area contributed by atoms with Crippen LogP contribution in [0.15, 0.2) is 34.0 Å². The third-order valence-electron chi connectivity index (χ3n) is 2.60. The summed E-state index contributed by atoms with van der Waals surface area (Å²) in [4.78, 5) is 29.9.